The van der Waals surface area contributed by atoms with Crippen LogP contribution in [0.15, 0.2) is 12.1 Å². The van der Waals surface area contributed by atoms with Crippen LogP contribution in [0.1, 0.15) is 41.9 Å². The van der Waals surface area contributed by atoms with E-state index in [4.69, 9.17) is 10.00 Å². The van der Waals surface area contributed by atoms with Crippen molar-refractivity contribution in [2.75, 3.05) is 13.2 Å². The number of hydrogen-bond donors (Lipinski definition) is 1. The highest BCUT2D eigenvalue weighted by molar-refractivity contribution is 7.12. The Kier molecular flexibility index (Phi) is 5.66. The maximum Gasteiger partial charge on any atom is 0.110 e. The van der Waals surface area contributed by atoms with Gasteiger partial charge in [0.1, 0.15) is 10.9 Å². The van der Waals surface area contributed by atoms with Gasteiger partial charge in [-0.15, -0.1) is 11.3 Å². The van der Waals surface area contributed by atoms with Crippen molar-refractivity contribution in [1.82, 2.24) is 5.32 Å². The van der Waals surface area contributed by atoms with Gasteiger partial charge < -0.3 is 10.1 Å². The van der Waals surface area contributed by atoms with Gasteiger partial charge in [-0.3, -0.25) is 0 Å². The highest BCUT2D eigenvalue weighted by atomic mass is 32.1. The van der Waals surface area contributed by atoms with Crippen molar-refractivity contribution in [3.05, 3.63) is 21.9 Å². The monoisotopic (exact) mass is 264 g/mol. The summed E-state index contributed by atoms with van der Waals surface area (Å²) in [4.78, 5) is 1.99. The molecule has 0 bridgehead atoms. The molecule has 0 spiro atoms. The maximum atomic E-state index is 8.72. The number of hydrogen-bond acceptors (Lipinski definition) is 4. The predicted molar refractivity (Wildman–Crippen MR) is 73.6 cm³/mol. The second-order valence-electron chi connectivity index (χ2n) is 4.69. The van der Waals surface area contributed by atoms with E-state index in [1.54, 1.807) is 11.3 Å². The SMILES string of the molecule is N#Cc1ccc(CNCCOC2CCCCC2)s1. The lowest BCUT2D eigenvalue weighted by molar-refractivity contribution is 0.0302. The van der Waals surface area contributed by atoms with Crippen LogP contribution >= 0.6 is 11.3 Å². The predicted octanol–water partition coefficient (Wildman–Crippen LogP) is 3.06. The molecule has 1 aliphatic carbocycles. The van der Waals surface area contributed by atoms with Crippen LogP contribution in [0.3, 0.4) is 0 Å². The minimum atomic E-state index is 0.493. The van der Waals surface area contributed by atoms with Gasteiger partial charge in [0, 0.05) is 18.0 Å². The van der Waals surface area contributed by atoms with Crippen LogP contribution in [0.25, 0.3) is 0 Å². The van der Waals surface area contributed by atoms with Gasteiger partial charge in [0.2, 0.25) is 0 Å². The summed E-state index contributed by atoms with van der Waals surface area (Å²) in [6.45, 7) is 2.51. The van der Waals surface area contributed by atoms with E-state index in [1.807, 2.05) is 12.1 Å². The second kappa shape index (κ2) is 7.52. The number of nitriles is 1. The highest BCUT2D eigenvalue weighted by Gasteiger charge is 2.12. The summed E-state index contributed by atoms with van der Waals surface area (Å²) >= 11 is 1.55. The summed E-state index contributed by atoms with van der Waals surface area (Å²) in [7, 11) is 0. The van der Waals surface area contributed by atoms with Crippen LogP contribution in [0, 0.1) is 11.3 Å². The van der Waals surface area contributed by atoms with E-state index in [0.29, 0.717) is 6.10 Å². The summed E-state index contributed by atoms with van der Waals surface area (Å²) < 4.78 is 5.84. The quantitative estimate of drug-likeness (QED) is 0.803. The Morgan fingerprint density at radius 1 is 1.33 bits per heavy atom. The first-order valence-corrected chi connectivity index (χ1v) is 7.51. The third-order valence-electron chi connectivity index (χ3n) is 3.26. The molecule has 18 heavy (non-hydrogen) atoms. The van der Waals surface area contributed by atoms with Crippen molar-refractivity contribution in [1.29, 1.82) is 5.26 Å². The van der Waals surface area contributed by atoms with Crippen LogP contribution in [-0.2, 0) is 11.3 Å². The van der Waals surface area contributed by atoms with Crippen molar-refractivity contribution in [2.45, 2.75) is 44.8 Å². The lowest BCUT2D eigenvalue weighted by Gasteiger charge is -2.21. The van der Waals surface area contributed by atoms with Gasteiger partial charge in [0.25, 0.3) is 0 Å². The molecule has 4 heteroatoms. The first-order chi connectivity index (χ1) is 8.88. The molecule has 0 aromatic carbocycles. The fraction of sp³-hybridized carbons (Fsp3) is 0.643. The summed E-state index contributed by atoms with van der Waals surface area (Å²) in [6.07, 6.45) is 6.98. The van der Waals surface area contributed by atoms with Gasteiger partial charge in [0.15, 0.2) is 0 Å². The van der Waals surface area contributed by atoms with E-state index in [2.05, 4.69) is 11.4 Å². The highest BCUT2D eigenvalue weighted by Crippen LogP contribution is 2.20. The van der Waals surface area contributed by atoms with E-state index < -0.39 is 0 Å². The van der Waals surface area contributed by atoms with Crippen molar-refractivity contribution in [2.24, 2.45) is 0 Å². The smallest absolute Gasteiger partial charge is 0.110 e. The minimum Gasteiger partial charge on any atom is -0.377 e. The van der Waals surface area contributed by atoms with Crippen LogP contribution in [0.4, 0.5) is 0 Å². The zero-order valence-corrected chi connectivity index (χ0v) is 11.5. The van der Waals surface area contributed by atoms with E-state index in [1.165, 1.54) is 37.0 Å². The van der Waals surface area contributed by atoms with Gasteiger partial charge in [-0.2, -0.15) is 5.26 Å². The molecule has 3 nitrogen and oxygen atoms in total. The molecule has 0 amide bonds. The maximum absolute atomic E-state index is 8.72. The number of thiophene rings is 1. The number of nitrogens with zero attached hydrogens (tertiary/aromatic N) is 1. The zero-order chi connectivity index (χ0) is 12.6. The number of rotatable bonds is 6. The van der Waals surface area contributed by atoms with Gasteiger partial charge in [-0.05, 0) is 25.0 Å². The molecule has 1 aromatic rings. The molecule has 0 aliphatic heterocycles. The Labute approximate surface area is 113 Å². The molecule has 0 saturated heterocycles. The Hall–Kier alpha value is -0.890. The zero-order valence-electron chi connectivity index (χ0n) is 10.7. The average Bonchev–Trinajstić information content (AvgIpc) is 2.87. The minimum absolute atomic E-state index is 0.493. The molecule has 0 unspecified atom stereocenters. The molecule has 2 rings (SSSR count). The number of nitrogens with one attached hydrogen (secondary N) is 1. The van der Waals surface area contributed by atoms with Gasteiger partial charge in [-0.1, -0.05) is 19.3 Å². The lowest BCUT2D eigenvalue weighted by Crippen LogP contribution is -2.24. The van der Waals surface area contributed by atoms with Crippen molar-refractivity contribution >= 4 is 11.3 Å². The van der Waals surface area contributed by atoms with Gasteiger partial charge in [-0.25, -0.2) is 0 Å². The van der Waals surface area contributed by atoms with Crippen molar-refractivity contribution in [3.8, 4) is 6.07 Å². The van der Waals surface area contributed by atoms with Gasteiger partial charge in [0.05, 0.1) is 12.7 Å². The van der Waals surface area contributed by atoms with Crippen molar-refractivity contribution < 1.29 is 4.74 Å². The summed E-state index contributed by atoms with van der Waals surface area (Å²) in [5.41, 5.74) is 0. The molecule has 1 aliphatic rings. The summed E-state index contributed by atoms with van der Waals surface area (Å²) in [6, 6.07) is 6.05. The third kappa shape index (κ3) is 4.41. The fourth-order valence-electron chi connectivity index (χ4n) is 2.27. The van der Waals surface area contributed by atoms with E-state index in [-0.39, 0.29) is 0 Å². The molecular formula is C14H20N2OS. The topological polar surface area (TPSA) is 45.0 Å². The molecule has 1 heterocycles. The summed E-state index contributed by atoms with van der Waals surface area (Å²) in [5.74, 6) is 0. The van der Waals surface area contributed by atoms with E-state index in [0.717, 1.165) is 24.6 Å². The van der Waals surface area contributed by atoms with Crippen LogP contribution in [0.5, 0.6) is 0 Å². The van der Waals surface area contributed by atoms with E-state index >= 15 is 0 Å². The third-order valence-corrected chi connectivity index (χ3v) is 4.25. The molecule has 98 valence electrons. The second-order valence-corrected chi connectivity index (χ2v) is 5.85. The lowest BCUT2D eigenvalue weighted by atomic mass is 9.98. The fourth-order valence-corrected chi connectivity index (χ4v) is 3.05. The van der Waals surface area contributed by atoms with E-state index in [9.17, 15) is 0 Å². The van der Waals surface area contributed by atoms with Crippen LogP contribution < -0.4 is 5.32 Å². The molecule has 1 fully saturated rings. The molecule has 0 atom stereocenters. The molecular weight excluding hydrogens is 244 g/mol. The molecule has 1 N–H and O–H groups in total. The van der Waals surface area contributed by atoms with Crippen LogP contribution in [0.2, 0.25) is 0 Å². The largest absolute Gasteiger partial charge is 0.377 e. The number of ether oxygens (including phenoxy) is 1. The first-order valence-electron chi connectivity index (χ1n) is 6.69. The Bertz CT molecular complexity index is 391. The van der Waals surface area contributed by atoms with Crippen molar-refractivity contribution in [3.63, 3.8) is 0 Å². The average molecular weight is 264 g/mol. The molecule has 1 saturated carbocycles. The normalized spacial score (nSPS) is 16.6. The molecule has 1 aromatic heterocycles. The van der Waals surface area contributed by atoms with Crippen LogP contribution in [-0.4, -0.2) is 19.3 Å². The first kappa shape index (κ1) is 13.5. The Morgan fingerprint density at radius 2 is 2.17 bits per heavy atom. The Balaban J connectivity index is 1.54. The Morgan fingerprint density at radius 3 is 2.89 bits per heavy atom. The van der Waals surface area contributed by atoms with Gasteiger partial charge >= 0.3 is 0 Å². The summed E-state index contributed by atoms with van der Waals surface area (Å²) in [5, 5.41) is 12.1. The standard InChI is InChI=1S/C14H20N2OS/c15-10-13-6-7-14(18-13)11-16-8-9-17-12-4-2-1-3-5-12/h6-7,12,16H,1-5,8-9,11H2. The molecule has 0 radical (unpaired) electrons.